The lowest BCUT2D eigenvalue weighted by Gasteiger charge is -2.13. The average molecular weight is 265 g/mol. The van der Waals surface area contributed by atoms with Crippen molar-refractivity contribution in [2.45, 2.75) is 40.0 Å². The lowest BCUT2D eigenvalue weighted by atomic mass is 10.2. The smallest absolute Gasteiger partial charge is 0.239 e. The predicted molar refractivity (Wildman–Crippen MR) is 77.1 cm³/mol. The highest BCUT2D eigenvalue weighted by Gasteiger charge is 2.11. The number of aromatic nitrogens is 2. The number of carbonyl (C=O) groups is 1. The maximum Gasteiger partial charge on any atom is 0.239 e. The fourth-order valence-electron chi connectivity index (χ4n) is 1.47. The molecule has 0 bridgehead atoms. The topological polar surface area (TPSA) is 92.9 Å². The lowest BCUT2D eigenvalue weighted by molar-refractivity contribution is -0.119. The molecule has 0 saturated carbocycles. The highest BCUT2D eigenvalue weighted by atomic mass is 16.1. The molecule has 6 heteroatoms. The fourth-order valence-corrected chi connectivity index (χ4v) is 1.47. The second-order valence-corrected chi connectivity index (χ2v) is 4.80. The zero-order chi connectivity index (χ0) is 14.4. The van der Waals surface area contributed by atoms with E-state index in [1.165, 1.54) is 0 Å². The molecule has 0 aliphatic carbocycles. The molecule has 0 aliphatic heterocycles. The summed E-state index contributed by atoms with van der Waals surface area (Å²) in [7, 11) is 0. The molecular weight excluding hydrogens is 242 g/mol. The number of rotatable bonds is 6. The Kier molecular flexibility index (Phi) is 5.54. The van der Waals surface area contributed by atoms with Crippen LogP contribution in [0.25, 0.3) is 0 Å². The van der Waals surface area contributed by atoms with Crippen molar-refractivity contribution < 1.29 is 4.79 Å². The maximum atomic E-state index is 11.5. The van der Waals surface area contributed by atoms with Crippen molar-refractivity contribution in [1.82, 2.24) is 15.3 Å². The summed E-state index contributed by atoms with van der Waals surface area (Å²) in [5.41, 5.74) is 6.63. The molecule has 106 valence electrons. The first kappa shape index (κ1) is 15.2. The third kappa shape index (κ3) is 4.39. The van der Waals surface area contributed by atoms with Gasteiger partial charge in [-0.25, -0.2) is 9.97 Å². The Balaban J connectivity index is 2.74. The van der Waals surface area contributed by atoms with E-state index in [0.717, 1.165) is 12.0 Å². The van der Waals surface area contributed by atoms with Gasteiger partial charge >= 0.3 is 0 Å². The molecule has 0 unspecified atom stereocenters. The van der Waals surface area contributed by atoms with Crippen LogP contribution >= 0.6 is 0 Å². The van der Waals surface area contributed by atoms with Crippen molar-refractivity contribution in [2.24, 2.45) is 0 Å². The van der Waals surface area contributed by atoms with Gasteiger partial charge < -0.3 is 16.4 Å². The second-order valence-electron chi connectivity index (χ2n) is 4.80. The number of hydrogen-bond acceptors (Lipinski definition) is 5. The van der Waals surface area contributed by atoms with Crippen LogP contribution in [-0.4, -0.2) is 29.0 Å². The summed E-state index contributed by atoms with van der Waals surface area (Å²) in [4.78, 5) is 20.2. The van der Waals surface area contributed by atoms with E-state index >= 15 is 0 Å². The molecular formula is C13H23N5O. The Morgan fingerprint density at radius 3 is 2.63 bits per heavy atom. The minimum Gasteiger partial charge on any atom is -0.383 e. The maximum absolute atomic E-state index is 11.5. The van der Waals surface area contributed by atoms with E-state index in [1.54, 1.807) is 0 Å². The van der Waals surface area contributed by atoms with Gasteiger partial charge in [-0.3, -0.25) is 4.79 Å². The Hall–Kier alpha value is -1.85. The van der Waals surface area contributed by atoms with Crippen LogP contribution in [0.5, 0.6) is 0 Å². The monoisotopic (exact) mass is 265 g/mol. The fraction of sp³-hybridized carbons (Fsp3) is 0.615. The van der Waals surface area contributed by atoms with Crippen LogP contribution in [-0.2, 0) is 4.79 Å². The largest absolute Gasteiger partial charge is 0.383 e. The number of carbonyl (C=O) groups excluding carboxylic acids is 1. The van der Waals surface area contributed by atoms with Gasteiger partial charge in [0.15, 0.2) is 0 Å². The Bertz CT molecular complexity index is 445. The van der Waals surface area contributed by atoms with Crippen LogP contribution in [0.1, 0.15) is 44.5 Å². The molecule has 0 saturated heterocycles. The van der Waals surface area contributed by atoms with Gasteiger partial charge in [0.05, 0.1) is 6.54 Å². The van der Waals surface area contributed by atoms with E-state index in [1.807, 2.05) is 27.7 Å². The first-order chi connectivity index (χ1) is 8.95. The van der Waals surface area contributed by atoms with Gasteiger partial charge in [0.2, 0.25) is 5.91 Å². The number of anilines is 2. The third-order valence-electron chi connectivity index (χ3n) is 2.71. The van der Waals surface area contributed by atoms with Crippen LogP contribution in [0, 0.1) is 6.92 Å². The van der Waals surface area contributed by atoms with Crippen LogP contribution in [0.3, 0.4) is 0 Å². The second kappa shape index (κ2) is 6.92. The molecule has 1 aromatic heterocycles. The average Bonchev–Trinajstić information content (AvgIpc) is 2.37. The summed E-state index contributed by atoms with van der Waals surface area (Å²) in [6, 6.07) is 0. The molecule has 1 amide bonds. The van der Waals surface area contributed by atoms with Crippen LogP contribution in [0.2, 0.25) is 0 Å². The van der Waals surface area contributed by atoms with Gasteiger partial charge in [-0.2, -0.15) is 0 Å². The number of nitrogens with zero attached hydrogens (tertiary/aromatic N) is 2. The Morgan fingerprint density at radius 1 is 1.37 bits per heavy atom. The third-order valence-corrected chi connectivity index (χ3v) is 2.71. The molecule has 1 aromatic rings. The minimum atomic E-state index is -0.0514. The summed E-state index contributed by atoms with van der Waals surface area (Å²) in [5.74, 6) is 1.90. The van der Waals surface area contributed by atoms with Crippen molar-refractivity contribution >= 4 is 17.5 Å². The van der Waals surface area contributed by atoms with Crippen molar-refractivity contribution in [2.75, 3.05) is 24.1 Å². The number of hydrogen-bond donors (Lipinski definition) is 3. The molecule has 0 fully saturated rings. The summed E-state index contributed by atoms with van der Waals surface area (Å²) >= 11 is 0. The SMILES string of the molecule is CCCNC(=O)CNc1nc(C(C)C)nc(N)c1C. The lowest BCUT2D eigenvalue weighted by Crippen LogP contribution is -2.30. The van der Waals surface area contributed by atoms with E-state index in [9.17, 15) is 4.79 Å². The first-order valence-electron chi connectivity index (χ1n) is 6.60. The predicted octanol–water partition coefficient (Wildman–Crippen LogP) is 1.43. The van der Waals surface area contributed by atoms with Gasteiger partial charge in [0, 0.05) is 18.0 Å². The highest BCUT2D eigenvalue weighted by Crippen LogP contribution is 2.20. The van der Waals surface area contributed by atoms with E-state index in [0.29, 0.717) is 24.0 Å². The summed E-state index contributed by atoms with van der Waals surface area (Å²) in [6.45, 7) is 8.73. The van der Waals surface area contributed by atoms with Gasteiger partial charge in [0.25, 0.3) is 0 Å². The van der Waals surface area contributed by atoms with Crippen molar-refractivity contribution in [3.8, 4) is 0 Å². The normalized spacial score (nSPS) is 10.6. The molecule has 6 nitrogen and oxygen atoms in total. The van der Waals surface area contributed by atoms with E-state index in [2.05, 4.69) is 20.6 Å². The molecule has 0 radical (unpaired) electrons. The molecule has 1 rings (SSSR count). The highest BCUT2D eigenvalue weighted by molar-refractivity contribution is 5.80. The zero-order valence-electron chi connectivity index (χ0n) is 12.1. The van der Waals surface area contributed by atoms with Crippen molar-refractivity contribution in [3.05, 3.63) is 11.4 Å². The van der Waals surface area contributed by atoms with E-state index in [4.69, 9.17) is 5.73 Å². The minimum absolute atomic E-state index is 0.0514. The summed E-state index contributed by atoms with van der Waals surface area (Å²) in [6.07, 6.45) is 0.919. The molecule has 4 N–H and O–H groups in total. The molecule has 0 aromatic carbocycles. The summed E-state index contributed by atoms with van der Waals surface area (Å²) in [5, 5.41) is 5.81. The first-order valence-corrected chi connectivity index (χ1v) is 6.60. The van der Waals surface area contributed by atoms with Gasteiger partial charge in [-0.15, -0.1) is 0 Å². The molecule has 0 spiro atoms. The van der Waals surface area contributed by atoms with E-state index < -0.39 is 0 Å². The molecule has 1 heterocycles. The Labute approximate surface area is 114 Å². The quantitative estimate of drug-likeness (QED) is 0.723. The molecule has 0 atom stereocenters. The van der Waals surface area contributed by atoms with Gasteiger partial charge in [-0.1, -0.05) is 20.8 Å². The zero-order valence-corrected chi connectivity index (χ0v) is 12.1. The van der Waals surface area contributed by atoms with Crippen LogP contribution in [0.4, 0.5) is 11.6 Å². The standard InChI is InChI=1S/C13H23N5O/c1-5-6-15-10(19)7-16-13-9(4)11(14)17-12(18-13)8(2)3/h8H,5-7H2,1-4H3,(H,15,19)(H3,14,16,17,18). The van der Waals surface area contributed by atoms with Crippen LogP contribution in [0.15, 0.2) is 0 Å². The molecule has 0 aliphatic rings. The molecule has 19 heavy (non-hydrogen) atoms. The van der Waals surface area contributed by atoms with Gasteiger partial charge in [-0.05, 0) is 13.3 Å². The number of nitrogens with two attached hydrogens (primary N) is 1. The van der Waals surface area contributed by atoms with E-state index in [-0.39, 0.29) is 18.4 Å². The van der Waals surface area contributed by atoms with Crippen molar-refractivity contribution in [3.63, 3.8) is 0 Å². The number of nitrogen functional groups attached to an aromatic ring is 1. The number of nitrogens with one attached hydrogen (secondary N) is 2. The van der Waals surface area contributed by atoms with Gasteiger partial charge in [0.1, 0.15) is 17.5 Å². The van der Waals surface area contributed by atoms with Crippen molar-refractivity contribution in [1.29, 1.82) is 0 Å². The summed E-state index contributed by atoms with van der Waals surface area (Å²) < 4.78 is 0. The van der Waals surface area contributed by atoms with Crippen LogP contribution < -0.4 is 16.4 Å². The Morgan fingerprint density at radius 2 is 2.05 bits per heavy atom. The number of amides is 1.